The van der Waals surface area contributed by atoms with Crippen LogP contribution >= 0.6 is 0 Å². The summed E-state index contributed by atoms with van der Waals surface area (Å²) in [5.41, 5.74) is 0.732. The lowest BCUT2D eigenvalue weighted by Crippen LogP contribution is -2.47. The number of morpholine rings is 1. The van der Waals surface area contributed by atoms with Crippen molar-refractivity contribution < 1.29 is 27.6 Å². The van der Waals surface area contributed by atoms with Crippen LogP contribution in [-0.2, 0) is 14.8 Å². The molecule has 0 amide bonds. The van der Waals surface area contributed by atoms with E-state index in [-0.39, 0.29) is 29.5 Å². The topological polar surface area (TPSA) is 116 Å². The highest BCUT2D eigenvalue weighted by Gasteiger charge is 2.31. The van der Waals surface area contributed by atoms with E-state index < -0.39 is 21.1 Å². The number of aliphatic hydroxyl groups is 1. The lowest BCUT2D eigenvalue weighted by Gasteiger charge is -2.36. The standard InChI is InChI=1S/C22H27FN4O6S/c23-18-3-1-17(2-4-18)22(28)16-24-7-9-25(10-8-24)20-6-5-19(15-21(20)27(29)30)34(31,32)26-11-13-33-14-12-26/h1-6,15,22,28H,7-14,16H2/t22-/m0/s1. The number of halogens is 1. The summed E-state index contributed by atoms with van der Waals surface area (Å²) in [5, 5.41) is 22.2. The molecule has 1 N–H and O–H groups in total. The minimum atomic E-state index is -3.85. The fraction of sp³-hybridized carbons (Fsp3) is 0.455. The van der Waals surface area contributed by atoms with Crippen molar-refractivity contribution in [1.29, 1.82) is 0 Å². The summed E-state index contributed by atoms with van der Waals surface area (Å²) < 4.78 is 45.4. The van der Waals surface area contributed by atoms with Crippen LogP contribution in [0.5, 0.6) is 0 Å². The quantitative estimate of drug-likeness (QED) is 0.456. The number of rotatable bonds is 7. The van der Waals surface area contributed by atoms with Gasteiger partial charge in [-0.1, -0.05) is 12.1 Å². The molecule has 0 bridgehead atoms. The molecule has 1 atom stereocenters. The molecule has 0 unspecified atom stereocenters. The molecule has 2 fully saturated rings. The molecular weight excluding hydrogens is 467 g/mol. The van der Waals surface area contributed by atoms with Gasteiger partial charge >= 0.3 is 0 Å². The van der Waals surface area contributed by atoms with E-state index >= 15 is 0 Å². The molecule has 0 aliphatic carbocycles. The minimum absolute atomic E-state index is 0.106. The maximum absolute atomic E-state index is 13.1. The second kappa shape index (κ2) is 10.3. The van der Waals surface area contributed by atoms with Gasteiger partial charge in [0.25, 0.3) is 5.69 Å². The van der Waals surface area contributed by atoms with E-state index in [9.17, 15) is 28.0 Å². The van der Waals surface area contributed by atoms with Crippen LogP contribution in [0.15, 0.2) is 47.4 Å². The number of nitro groups is 1. The summed E-state index contributed by atoms with van der Waals surface area (Å²) in [4.78, 5) is 15.0. The maximum atomic E-state index is 13.1. The van der Waals surface area contributed by atoms with Gasteiger partial charge in [-0.25, -0.2) is 12.8 Å². The fourth-order valence-corrected chi connectivity index (χ4v) is 5.65. The zero-order valence-electron chi connectivity index (χ0n) is 18.5. The summed E-state index contributed by atoms with van der Waals surface area (Å²) in [5.74, 6) is -0.366. The Hall–Kier alpha value is -2.64. The predicted octanol–water partition coefficient (Wildman–Crippen LogP) is 1.61. The van der Waals surface area contributed by atoms with E-state index in [0.29, 0.717) is 57.2 Å². The highest BCUT2D eigenvalue weighted by molar-refractivity contribution is 7.89. The number of piperazine rings is 1. The molecule has 4 rings (SSSR count). The summed E-state index contributed by atoms with van der Waals surface area (Å²) >= 11 is 0. The summed E-state index contributed by atoms with van der Waals surface area (Å²) in [6.45, 7) is 3.44. The van der Waals surface area contributed by atoms with Crippen molar-refractivity contribution in [3.8, 4) is 0 Å². The molecule has 2 heterocycles. The third-order valence-corrected chi connectivity index (χ3v) is 8.04. The van der Waals surface area contributed by atoms with Crippen LogP contribution in [0.25, 0.3) is 0 Å². The van der Waals surface area contributed by atoms with Crippen LogP contribution < -0.4 is 4.90 Å². The van der Waals surface area contributed by atoms with E-state index in [0.717, 1.165) is 6.07 Å². The molecule has 10 nitrogen and oxygen atoms in total. The Morgan fingerprint density at radius 3 is 2.29 bits per heavy atom. The summed E-state index contributed by atoms with van der Waals surface area (Å²) in [7, 11) is -3.85. The number of hydrogen-bond acceptors (Lipinski definition) is 8. The molecule has 0 saturated carbocycles. The van der Waals surface area contributed by atoms with Crippen LogP contribution in [0.4, 0.5) is 15.8 Å². The average Bonchev–Trinajstić information content (AvgIpc) is 2.85. The van der Waals surface area contributed by atoms with E-state index in [4.69, 9.17) is 4.74 Å². The molecule has 34 heavy (non-hydrogen) atoms. The van der Waals surface area contributed by atoms with Gasteiger partial charge in [0.05, 0.1) is 29.1 Å². The highest BCUT2D eigenvalue weighted by atomic mass is 32.2. The fourth-order valence-electron chi connectivity index (χ4n) is 4.22. The Labute approximate surface area is 197 Å². The molecule has 12 heteroatoms. The molecule has 184 valence electrons. The highest BCUT2D eigenvalue weighted by Crippen LogP contribution is 2.33. The first-order valence-corrected chi connectivity index (χ1v) is 12.5. The Balaban J connectivity index is 1.44. The maximum Gasteiger partial charge on any atom is 0.293 e. The van der Waals surface area contributed by atoms with Crippen LogP contribution in [0.3, 0.4) is 0 Å². The van der Waals surface area contributed by atoms with Crippen molar-refractivity contribution in [2.75, 3.05) is 63.9 Å². The van der Waals surface area contributed by atoms with Crippen molar-refractivity contribution in [3.05, 3.63) is 64.0 Å². The first-order valence-electron chi connectivity index (χ1n) is 11.0. The van der Waals surface area contributed by atoms with Gasteiger partial charge in [-0.2, -0.15) is 4.31 Å². The van der Waals surface area contributed by atoms with Crippen molar-refractivity contribution in [2.24, 2.45) is 0 Å². The smallest absolute Gasteiger partial charge is 0.293 e. The van der Waals surface area contributed by atoms with E-state index in [1.54, 1.807) is 12.1 Å². The van der Waals surface area contributed by atoms with Gasteiger partial charge in [0, 0.05) is 51.9 Å². The third kappa shape index (κ3) is 5.36. The van der Waals surface area contributed by atoms with Gasteiger partial charge in [0.1, 0.15) is 11.5 Å². The number of β-amino-alcohol motifs (C(OH)–C–C–N with tert-alkyl or cyclic N) is 1. The third-order valence-electron chi connectivity index (χ3n) is 6.15. The van der Waals surface area contributed by atoms with Crippen molar-refractivity contribution in [2.45, 2.75) is 11.0 Å². The first-order chi connectivity index (χ1) is 16.3. The zero-order valence-corrected chi connectivity index (χ0v) is 19.4. The normalized spacial score (nSPS) is 19.2. The summed E-state index contributed by atoms with van der Waals surface area (Å²) in [6, 6.07) is 9.74. The molecule has 0 aromatic heterocycles. The van der Waals surface area contributed by atoms with Gasteiger partial charge in [-0.15, -0.1) is 0 Å². The molecule has 2 aromatic rings. The van der Waals surface area contributed by atoms with Crippen LogP contribution in [-0.4, -0.2) is 86.7 Å². The number of benzene rings is 2. The monoisotopic (exact) mass is 494 g/mol. The molecular formula is C22H27FN4O6S. The van der Waals surface area contributed by atoms with Crippen molar-refractivity contribution in [1.82, 2.24) is 9.21 Å². The second-order valence-electron chi connectivity index (χ2n) is 8.28. The largest absolute Gasteiger partial charge is 0.387 e. The number of anilines is 1. The van der Waals surface area contributed by atoms with Crippen molar-refractivity contribution >= 4 is 21.4 Å². The lowest BCUT2D eigenvalue weighted by molar-refractivity contribution is -0.384. The zero-order chi connectivity index (χ0) is 24.3. The number of ether oxygens (including phenoxy) is 1. The van der Waals surface area contributed by atoms with Crippen molar-refractivity contribution in [3.63, 3.8) is 0 Å². The molecule has 2 aliphatic heterocycles. The SMILES string of the molecule is O=[N+]([O-])c1cc(S(=O)(=O)N2CCOCC2)ccc1N1CCN(C[C@H](O)c2ccc(F)cc2)CC1. The first kappa shape index (κ1) is 24.5. The van der Waals surface area contributed by atoms with Crippen LogP contribution in [0.1, 0.15) is 11.7 Å². The van der Waals surface area contributed by atoms with E-state index in [1.165, 1.54) is 28.6 Å². The molecule has 2 saturated heterocycles. The molecule has 2 aromatic carbocycles. The molecule has 0 spiro atoms. The van der Waals surface area contributed by atoms with Crippen LogP contribution in [0, 0.1) is 15.9 Å². The van der Waals surface area contributed by atoms with Gasteiger partial charge in [0.2, 0.25) is 10.0 Å². The number of nitro benzene ring substituents is 1. The second-order valence-corrected chi connectivity index (χ2v) is 10.2. The van der Waals surface area contributed by atoms with Gasteiger partial charge in [-0.05, 0) is 29.8 Å². The number of nitrogens with zero attached hydrogens (tertiary/aromatic N) is 4. The Bertz CT molecular complexity index is 1120. The van der Waals surface area contributed by atoms with E-state index in [1.807, 2.05) is 9.80 Å². The van der Waals surface area contributed by atoms with Gasteiger partial charge in [-0.3, -0.25) is 15.0 Å². The Morgan fingerprint density at radius 2 is 1.68 bits per heavy atom. The minimum Gasteiger partial charge on any atom is -0.387 e. The summed E-state index contributed by atoms with van der Waals surface area (Å²) in [6.07, 6.45) is -0.772. The Kier molecular flexibility index (Phi) is 7.43. The van der Waals surface area contributed by atoms with E-state index in [2.05, 4.69) is 0 Å². The Morgan fingerprint density at radius 1 is 1.03 bits per heavy atom. The number of sulfonamides is 1. The lowest BCUT2D eigenvalue weighted by atomic mass is 10.1. The predicted molar refractivity (Wildman–Crippen MR) is 123 cm³/mol. The van der Waals surface area contributed by atoms with Gasteiger partial charge < -0.3 is 14.7 Å². The van der Waals surface area contributed by atoms with Crippen LogP contribution in [0.2, 0.25) is 0 Å². The molecule has 2 aliphatic rings. The van der Waals surface area contributed by atoms with Gasteiger partial charge in [0.15, 0.2) is 0 Å². The number of aliphatic hydroxyl groups excluding tert-OH is 1. The number of hydrogen-bond donors (Lipinski definition) is 1. The average molecular weight is 495 g/mol. The molecule has 0 radical (unpaired) electrons.